The molecule has 0 aromatic carbocycles. The van der Waals surface area contributed by atoms with Crippen molar-refractivity contribution in [2.75, 3.05) is 6.26 Å². The van der Waals surface area contributed by atoms with Crippen LogP contribution in [0.5, 0.6) is 0 Å². The highest BCUT2D eigenvalue weighted by Crippen LogP contribution is 2.26. The highest BCUT2D eigenvalue weighted by molar-refractivity contribution is 7.98. The molecule has 0 fully saturated rings. The Balaban J connectivity index is 2.78. The van der Waals surface area contributed by atoms with Gasteiger partial charge in [-0.05, 0) is 25.2 Å². The number of hydrogen-bond acceptors (Lipinski definition) is 5. The molecule has 0 saturated heterocycles. The number of carboxylic acids is 1. The quantitative estimate of drug-likeness (QED) is 0.679. The van der Waals surface area contributed by atoms with Gasteiger partial charge >= 0.3 is 5.97 Å². The molecule has 0 radical (unpaired) electrons. The molecule has 5 nitrogen and oxygen atoms in total. The van der Waals surface area contributed by atoms with Gasteiger partial charge in [-0.15, -0.1) is 11.3 Å². The van der Waals surface area contributed by atoms with Crippen LogP contribution in [0.1, 0.15) is 31.2 Å². The molecule has 20 heavy (non-hydrogen) atoms. The molecule has 7 heteroatoms. The molecular formula is C13H16N2O3S2. The molecule has 0 bridgehead atoms. The van der Waals surface area contributed by atoms with Crippen LogP contribution in [0.3, 0.4) is 0 Å². The van der Waals surface area contributed by atoms with Gasteiger partial charge in [0.05, 0.1) is 5.39 Å². The second kappa shape index (κ2) is 5.97. The van der Waals surface area contributed by atoms with Gasteiger partial charge in [-0.1, -0.05) is 25.6 Å². The first kappa shape index (κ1) is 15.1. The van der Waals surface area contributed by atoms with Crippen LogP contribution >= 0.6 is 23.1 Å². The lowest BCUT2D eigenvalue weighted by molar-refractivity contribution is -0.141. The number of carbonyl (C=O) groups is 1. The molecule has 2 aromatic heterocycles. The zero-order chi connectivity index (χ0) is 14.9. The number of hydrogen-bond donors (Lipinski definition) is 1. The third-order valence-corrected chi connectivity index (χ3v) is 4.96. The summed E-state index contributed by atoms with van der Waals surface area (Å²) < 4.78 is 1.31. The minimum Gasteiger partial charge on any atom is -0.480 e. The molecule has 0 aliphatic carbocycles. The fourth-order valence-corrected chi connectivity index (χ4v) is 3.69. The predicted molar refractivity (Wildman–Crippen MR) is 82.0 cm³/mol. The first-order chi connectivity index (χ1) is 9.53. The topological polar surface area (TPSA) is 72.2 Å². The summed E-state index contributed by atoms with van der Waals surface area (Å²) >= 11 is 2.79. The molecule has 1 N–H and O–H groups in total. The van der Waals surface area contributed by atoms with Crippen LogP contribution in [0.15, 0.2) is 16.0 Å². The second-order valence-electron chi connectivity index (χ2n) is 4.32. The fraction of sp³-hybridized carbons (Fsp3) is 0.462. The van der Waals surface area contributed by atoms with Crippen LogP contribution in [-0.2, 0) is 11.2 Å². The normalized spacial score (nSPS) is 12.8. The Kier molecular flexibility index (Phi) is 4.49. The molecule has 2 aromatic rings. The summed E-state index contributed by atoms with van der Waals surface area (Å²) in [5, 5.41) is 10.3. The van der Waals surface area contributed by atoms with Crippen LogP contribution in [-0.4, -0.2) is 26.9 Å². The minimum absolute atomic E-state index is 0.260. The lowest BCUT2D eigenvalue weighted by Crippen LogP contribution is -2.31. The standard InChI is InChI=1S/C13H16N2O3S2/c1-4-7-6-8-10(20-7)14-13(19-3)15(11(8)16)9(5-2)12(17)18/h6,9H,4-5H2,1-3H3,(H,17,18). The van der Waals surface area contributed by atoms with Gasteiger partial charge in [0.1, 0.15) is 10.9 Å². The highest BCUT2D eigenvalue weighted by atomic mass is 32.2. The van der Waals surface area contributed by atoms with Gasteiger partial charge in [0.25, 0.3) is 5.56 Å². The second-order valence-corrected chi connectivity index (χ2v) is 6.21. The summed E-state index contributed by atoms with van der Waals surface area (Å²) in [6, 6.07) is 0.955. The molecule has 0 saturated carbocycles. The highest BCUT2D eigenvalue weighted by Gasteiger charge is 2.24. The van der Waals surface area contributed by atoms with E-state index in [0.717, 1.165) is 11.3 Å². The molecule has 2 rings (SSSR count). The fourth-order valence-electron chi connectivity index (χ4n) is 2.09. The van der Waals surface area contributed by atoms with Crippen molar-refractivity contribution in [1.29, 1.82) is 0 Å². The zero-order valence-corrected chi connectivity index (χ0v) is 13.2. The Morgan fingerprint density at radius 3 is 2.75 bits per heavy atom. The van der Waals surface area contributed by atoms with Crippen LogP contribution in [0, 0.1) is 0 Å². The van der Waals surface area contributed by atoms with E-state index in [-0.39, 0.29) is 5.56 Å². The summed E-state index contributed by atoms with van der Waals surface area (Å²) in [5.74, 6) is -1.00. The third kappa shape index (κ3) is 2.47. The lowest BCUT2D eigenvalue weighted by Gasteiger charge is -2.16. The number of carboxylic acid groups (broad SMARTS) is 1. The number of thioether (sulfide) groups is 1. The Morgan fingerprint density at radius 1 is 1.55 bits per heavy atom. The third-order valence-electron chi connectivity index (χ3n) is 3.13. The van der Waals surface area contributed by atoms with E-state index in [1.165, 1.54) is 27.7 Å². The number of thiophene rings is 1. The van der Waals surface area contributed by atoms with Crippen LogP contribution in [0.25, 0.3) is 10.2 Å². The Bertz CT molecular complexity index is 705. The van der Waals surface area contributed by atoms with Crippen molar-refractivity contribution in [3.63, 3.8) is 0 Å². The molecule has 1 unspecified atom stereocenters. The number of aromatic nitrogens is 2. The van der Waals surface area contributed by atoms with Crippen molar-refractivity contribution in [2.24, 2.45) is 0 Å². The summed E-state index contributed by atoms with van der Waals surface area (Å²) in [7, 11) is 0. The van der Waals surface area contributed by atoms with Crippen molar-refractivity contribution < 1.29 is 9.90 Å². The number of fused-ring (bicyclic) bond motifs is 1. The maximum atomic E-state index is 12.6. The van der Waals surface area contributed by atoms with Crippen molar-refractivity contribution in [3.05, 3.63) is 21.3 Å². The van der Waals surface area contributed by atoms with Gasteiger partial charge in [-0.2, -0.15) is 0 Å². The van der Waals surface area contributed by atoms with Crippen molar-refractivity contribution in [3.8, 4) is 0 Å². The molecular weight excluding hydrogens is 296 g/mol. The first-order valence-electron chi connectivity index (χ1n) is 6.35. The SMILES string of the molecule is CCc1cc2c(=O)n(C(CC)C(=O)O)c(SC)nc2s1. The first-order valence-corrected chi connectivity index (χ1v) is 8.39. The van der Waals surface area contributed by atoms with E-state index >= 15 is 0 Å². The van der Waals surface area contributed by atoms with Crippen molar-refractivity contribution >= 4 is 39.3 Å². The maximum Gasteiger partial charge on any atom is 0.326 e. The average Bonchev–Trinajstić information content (AvgIpc) is 2.84. The van der Waals surface area contributed by atoms with Crippen LogP contribution in [0.2, 0.25) is 0 Å². The van der Waals surface area contributed by atoms with E-state index < -0.39 is 12.0 Å². The van der Waals surface area contributed by atoms with E-state index in [0.29, 0.717) is 21.8 Å². The Morgan fingerprint density at radius 2 is 2.25 bits per heavy atom. The minimum atomic E-state index is -1.00. The smallest absolute Gasteiger partial charge is 0.326 e. The van der Waals surface area contributed by atoms with Crippen molar-refractivity contribution in [2.45, 2.75) is 37.9 Å². The van der Waals surface area contributed by atoms with Crippen LogP contribution in [0.4, 0.5) is 0 Å². The maximum absolute atomic E-state index is 12.6. The molecule has 108 valence electrons. The van der Waals surface area contributed by atoms with E-state index in [1.807, 2.05) is 13.0 Å². The number of rotatable bonds is 5. The summed E-state index contributed by atoms with van der Waals surface area (Å²) in [6.07, 6.45) is 2.99. The van der Waals surface area contributed by atoms with E-state index in [9.17, 15) is 14.7 Å². The van der Waals surface area contributed by atoms with E-state index in [1.54, 1.807) is 13.2 Å². The van der Waals surface area contributed by atoms with Gasteiger partial charge in [-0.25, -0.2) is 9.78 Å². The van der Waals surface area contributed by atoms with Gasteiger partial charge in [0.15, 0.2) is 5.16 Å². The Labute approximate surface area is 124 Å². The largest absolute Gasteiger partial charge is 0.480 e. The van der Waals surface area contributed by atoms with E-state index in [4.69, 9.17) is 0 Å². The summed E-state index contributed by atoms with van der Waals surface area (Å²) in [5.41, 5.74) is -0.260. The molecule has 1 atom stereocenters. The van der Waals surface area contributed by atoms with Gasteiger partial charge in [0.2, 0.25) is 0 Å². The number of nitrogens with zero attached hydrogens (tertiary/aromatic N) is 2. The Hall–Kier alpha value is -1.34. The summed E-state index contributed by atoms with van der Waals surface area (Å²) in [6.45, 7) is 3.77. The lowest BCUT2D eigenvalue weighted by atomic mass is 10.2. The molecule has 0 amide bonds. The van der Waals surface area contributed by atoms with E-state index in [2.05, 4.69) is 4.98 Å². The molecule has 2 heterocycles. The van der Waals surface area contributed by atoms with Crippen molar-refractivity contribution in [1.82, 2.24) is 9.55 Å². The van der Waals surface area contributed by atoms with Crippen LogP contribution < -0.4 is 5.56 Å². The van der Waals surface area contributed by atoms with Gasteiger partial charge in [0, 0.05) is 4.88 Å². The average molecular weight is 312 g/mol. The monoisotopic (exact) mass is 312 g/mol. The summed E-state index contributed by atoms with van der Waals surface area (Å²) in [4.78, 5) is 30.2. The zero-order valence-electron chi connectivity index (χ0n) is 11.5. The molecule has 0 spiro atoms. The predicted octanol–water partition coefficient (Wildman–Crippen LogP) is 2.78. The number of aliphatic carboxylic acids is 1. The van der Waals surface area contributed by atoms with Gasteiger partial charge < -0.3 is 5.11 Å². The molecule has 0 aliphatic rings. The van der Waals surface area contributed by atoms with Gasteiger partial charge in [-0.3, -0.25) is 9.36 Å². The molecule has 0 aliphatic heterocycles. The number of aryl methyl sites for hydroxylation is 1.